The molecule has 0 radical (unpaired) electrons. The smallest absolute Gasteiger partial charge is 0.475 e. The minimum Gasteiger partial charge on any atom is -0.475 e. The van der Waals surface area contributed by atoms with Crippen LogP contribution < -0.4 is 5.43 Å². The van der Waals surface area contributed by atoms with Gasteiger partial charge in [0.2, 0.25) is 0 Å². The van der Waals surface area contributed by atoms with Crippen molar-refractivity contribution in [2.45, 2.75) is 19.0 Å². The summed E-state index contributed by atoms with van der Waals surface area (Å²) < 4.78 is 31.7. The molecule has 18 heavy (non-hydrogen) atoms. The number of pyridine rings is 1. The Morgan fingerprint density at radius 3 is 2.50 bits per heavy atom. The van der Waals surface area contributed by atoms with Gasteiger partial charge in [-0.15, -0.1) is 0 Å². The summed E-state index contributed by atoms with van der Waals surface area (Å²) >= 11 is 0. The number of carboxylic acids is 1. The van der Waals surface area contributed by atoms with Crippen molar-refractivity contribution in [2.75, 3.05) is 0 Å². The third-order valence-corrected chi connectivity index (χ3v) is 2.18. The number of hydrogen-bond donors (Lipinski definition) is 2. The van der Waals surface area contributed by atoms with Gasteiger partial charge in [0.25, 0.3) is 0 Å². The number of allylic oxidation sites excluding steroid dienone is 1. The van der Waals surface area contributed by atoms with Crippen molar-refractivity contribution in [3.05, 3.63) is 39.8 Å². The molecule has 0 atom stereocenters. The van der Waals surface area contributed by atoms with E-state index < -0.39 is 12.1 Å². The number of carbonyl (C=O) groups is 1. The lowest BCUT2D eigenvalue weighted by atomic mass is 10.0. The Kier molecular flexibility index (Phi) is 4.30. The molecule has 1 aliphatic rings. The topological polar surface area (TPSA) is 70.2 Å². The average Bonchev–Trinajstić information content (AvgIpc) is 2.29. The number of aromatic nitrogens is 1. The van der Waals surface area contributed by atoms with Gasteiger partial charge in [0.05, 0.1) is 0 Å². The quantitative estimate of drug-likeness (QED) is 0.750. The zero-order valence-corrected chi connectivity index (χ0v) is 9.12. The Hall–Kier alpha value is -2.05. The van der Waals surface area contributed by atoms with Crippen LogP contribution in [0, 0.1) is 0 Å². The van der Waals surface area contributed by atoms with Crippen LogP contribution in [0.25, 0.3) is 6.08 Å². The molecule has 2 rings (SSSR count). The van der Waals surface area contributed by atoms with E-state index in [1.165, 1.54) is 0 Å². The van der Waals surface area contributed by atoms with Gasteiger partial charge in [0.15, 0.2) is 5.43 Å². The number of alkyl halides is 3. The van der Waals surface area contributed by atoms with Gasteiger partial charge in [-0.3, -0.25) is 4.79 Å². The first-order valence-electron chi connectivity index (χ1n) is 4.99. The molecule has 0 amide bonds. The fourth-order valence-electron chi connectivity index (χ4n) is 1.36. The Morgan fingerprint density at radius 2 is 2.00 bits per heavy atom. The van der Waals surface area contributed by atoms with Crippen molar-refractivity contribution >= 4 is 12.0 Å². The molecule has 0 unspecified atom stereocenters. The molecule has 98 valence electrons. The number of rotatable bonds is 0. The number of aromatic amines is 1. The summed E-state index contributed by atoms with van der Waals surface area (Å²) in [5, 5.41) is 7.12. The van der Waals surface area contributed by atoms with E-state index in [2.05, 4.69) is 11.1 Å². The molecular weight excluding hydrogens is 251 g/mol. The SMILES string of the molecule is O=C(O)C(F)(F)F.O=c1cc[nH]c2c1CCC=C2. The predicted molar refractivity (Wildman–Crippen MR) is 58.1 cm³/mol. The fourth-order valence-corrected chi connectivity index (χ4v) is 1.36. The van der Waals surface area contributed by atoms with Crippen LogP contribution in [-0.4, -0.2) is 22.2 Å². The van der Waals surface area contributed by atoms with Crippen LogP contribution in [0.5, 0.6) is 0 Å². The lowest BCUT2D eigenvalue weighted by Crippen LogP contribution is -2.21. The maximum absolute atomic E-state index is 11.2. The van der Waals surface area contributed by atoms with Crippen LogP contribution in [0.3, 0.4) is 0 Å². The molecule has 4 nitrogen and oxygen atoms in total. The summed E-state index contributed by atoms with van der Waals surface area (Å²) in [5.41, 5.74) is 2.06. The third-order valence-electron chi connectivity index (χ3n) is 2.18. The lowest BCUT2D eigenvalue weighted by molar-refractivity contribution is -0.192. The van der Waals surface area contributed by atoms with E-state index in [0.717, 1.165) is 24.1 Å². The second-order valence-corrected chi connectivity index (χ2v) is 3.48. The highest BCUT2D eigenvalue weighted by Crippen LogP contribution is 2.13. The first kappa shape index (κ1) is 14.0. The summed E-state index contributed by atoms with van der Waals surface area (Å²) in [5.74, 6) is -2.76. The van der Waals surface area contributed by atoms with Crippen molar-refractivity contribution < 1.29 is 23.1 Å². The molecular formula is C11H10F3NO3. The molecule has 0 bridgehead atoms. The molecule has 0 fully saturated rings. The third kappa shape index (κ3) is 3.76. The number of nitrogens with one attached hydrogen (secondary N) is 1. The number of carboxylic acid groups (broad SMARTS) is 1. The van der Waals surface area contributed by atoms with E-state index in [4.69, 9.17) is 9.90 Å². The standard InChI is InChI=1S/C9H9NO.C2HF3O2/c11-9-5-6-10-8-4-2-1-3-7(8)9;3-2(4,5)1(6)7/h2,4-6H,1,3H2,(H,10,11);(H,6,7). The van der Waals surface area contributed by atoms with E-state index in [9.17, 15) is 18.0 Å². The Bertz CT molecular complexity index is 517. The van der Waals surface area contributed by atoms with Crippen LogP contribution in [0.2, 0.25) is 0 Å². The van der Waals surface area contributed by atoms with Gasteiger partial charge < -0.3 is 10.1 Å². The van der Waals surface area contributed by atoms with Gasteiger partial charge in [-0.25, -0.2) is 4.79 Å². The number of halogens is 3. The lowest BCUT2D eigenvalue weighted by Gasteiger charge is -2.07. The van der Waals surface area contributed by atoms with Crippen LogP contribution >= 0.6 is 0 Å². The molecule has 0 aliphatic heterocycles. The highest BCUT2D eigenvalue weighted by Gasteiger charge is 2.38. The molecule has 1 aromatic rings. The summed E-state index contributed by atoms with van der Waals surface area (Å²) in [6.45, 7) is 0. The Balaban J connectivity index is 0.000000203. The number of hydrogen-bond acceptors (Lipinski definition) is 2. The summed E-state index contributed by atoms with van der Waals surface area (Å²) in [4.78, 5) is 23.1. The summed E-state index contributed by atoms with van der Waals surface area (Å²) in [7, 11) is 0. The average molecular weight is 261 g/mol. The zero-order chi connectivity index (χ0) is 13.8. The maximum atomic E-state index is 11.2. The Morgan fingerprint density at radius 1 is 1.39 bits per heavy atom. The zero-order valence-electron chi connectivity index (χ0n) is 9.12. The van der Waals surface area contributed by atoms with Gasteiger partial charge in [0.1, 0.15) is 0 Å². The van der Waals surface area contributed by atoms with Crippen LogP contribution in [-0.2, 0) is 11.2 Å². The van der Waals surface area contributed by atoms with Crippen molar-refractivity contribution in [1.29, 1.82) is 0 Å². The van der Waals surface area contributed by atoms with Crippen LogP contribution in [0.4, 0.5) is 13.2 Å². The molecule has 0 saturated carbocycles. The summed E-state index contributed by atoms with van der Waals surface area (Å²) in [6, 6.07) is 1.58. The fraction of sp³-hybridized carbons (Fsp3) is 0.273. The molecule has 1 aliphatic carbocycles. The van der Waals surface area contributed by atoms with E-state index in [0.29, 0.717) is 0 Å². The largest absolute Gasteiger partial charge is 0.490 e. The minimum absolute atomic E-state index is 0.156. The van der Waals surface area contributed by atoms with Crippen molar-refractivity contribution in [1.82, 2.24) is 4.98 Å². The predicted octanol–water partition coefficient (Wildman–Crippen LogP) is 1.97. The maximum Gasteiger partial charge on any atom is 0.490 e. The number of H-pyrrole nitrogens is 1. The van der Waals surface area contributed by atoms with Crippen LogP contribution in [0.1, 0.15) is 17.7 Å². The van der Waals surface area contributed by atoms with Gasteiger partial charge in [-0.1, -0.05) is 6.08 Å². The van der Waals surface area contributed by atoms with Gasteiger partial charge in [-0.2, -0.15) is 13.2 Å². The van der Waals surface area contributed by atoms with E-state index in [1.54, 1.807) is 12.3 Å². The van der Waals surface area contributed by atoms with Gasteiger partial charge >= 0.3 is 12.1 Å². The Labute approximate surface area is 99.8 Å². The van der Waals surface area contributed by atoms with E-state index in [1.807, 2.05) is 6.08 Å². The first-order valence-corrected chi connectivity index (χ1v) is 4.99. The first-order chi connectivity index (χ1) is 8.32. The molecule has 7 heteroatoms. The van der Waals surface area contributed by atoms with Gasteiger partial charge in [0, 0.05) is 23.5 Å². The van der Waals surface area contributed by atoms with Crippen molar-refractivity contribution in [3.63, 3.8) is 0 Å². The molecule has 0 aromatic carbocycles. The van der Waals surface area contributed by atoms with E-state index >= 15 is 0 Å². The monoisotopic (exact) mass is 261 g/mol. The second kappa shape index (κ2) is 5.52. The van der Waals surface area contributed by atoms with Crippen molar-refractivity contribution in [2.24, 2.45) is 0 Å². The second-order valence-electron chi connectivity index (χ2n) is 3.48. The molecule has 2 N–H and O–H groups in total. The number of aliphatic carboxylic acids is 1. The van der Waals surface area contributed by atoms with E-state index in [-0.39, 0.29) is 5.43 Å². The van der Waals surface area contributed by atoms with Crippen molar-refractivity contribution in [3.8, 4) is 0 Å². The highest BCUT2D eigenvalue weighted by molar-refractivity contribution is 5.73. The van der Waals surface area contributed by atoms with Gasteiger partial charge in [-0.05, 0) is 18.9 Å². The molecule has 0 saturated heterocycles. The normalized spacial score (nSPS) is 13.3. The highest BCUT2D eigenvalue weighted by atomic mass is 19.4. The molecule has 0 spiro atoms. The minimum atomic E-state index is -5.08. The van der Waals surface area contributed by atoms with Crippen LogP contribution in [0.15, 0.2) is 23.1 Å². The number of fused-ring (bicyclic) bond motifs is 1. The molecule has 1 heterocycles. The molecule has 1 aromatic heterocycles. The summed E-state index contributed by atoms with van der Waals surface area (Å²) in [6.07, 6.45) is 2.53.